The fourth-order valence-electron chi connectivity index (χ4n) is 3.21. The first-order valence-corrected chi connectivity index (χ1v) is 10.6. The Bertz CT molecular complexity index is 1020. The van der Waals surface area contributed by atoms with Crippen molar-refractivity contribution in [2.24, 2.45) is 0 Å². The minimum absolute atomic E-state index is 0.0121. The Morgan fingerprint density at radius 2 is 1.90 bits per heavy atom. The van der Waals surface area contributed by atoms with Gasteiger partial charge >= 0.3 is 5.97 Å². The van der Waals surface area contributed by atoms with Crippen LogP contribution >= 0.6 is 11.8 Å². The normalized spacial score (nSPS) is 15.0. The van der Waals surface area contributed by atoms with Crippen LogP contribution in [0.25, 0.3) is 6.08 Å². The van der Waals surface area contributed by atoms with Crippen molar-refractivity contribution in [2.75, 3.05) is 32.2 Å². The van der Waals surface area contributed by atoms with Crippen molar-refractivity contribution in [2.45, 2.75) is 20.4 Å². The van der Waals surface area contributed by atoms with Crippen molar-refractivity contribution >= 4 is 40.6 Å². The lowest BCUT2D eigenvalue weighted by Crippen LogP contribution is -2.27. The van der Waals surface area contributed by atoms with E-state index in [2.05, 4.69) is 23.5 Å². The third-order valence-electron chi connectivity index (χ3n) is 4.87. The first kappa shape index (κ1) is 22.5. The van der Waals surface area contributed by atoms with E-state index in [0.717, 1.165) is 35.4 Å². The SMILES string of the molecule is CCN(CC)c1ccc(/C=C2/SC(=O)N(Cc3ccc(C(=O)OC)o3)C2=O)c(OC)c1. The molecule has 2 heterocycles. The molecule has 3 rings (SSSR count). The lowest BCUT2D eigenvalue weighted by molar-refractivity contribution is -0.123. The average Bonchev–Trinajstić information content (AvgIpc) is 3.35. The Hall–Kier alpha value is -3.20. The number of rotatable bonds is 8. The number of imide groups is 1. The summed E-state index contributed by atoms with van der Waals surface area (Å²) in [6, 6.07) is 8.73. The monoisotopic (exact) mass is 444 g/mol. The number of carbonyl (C=O) groups is 3. The van der Waals surface area contributed by atoms with Crippen LogP contribution in [0, 0.1) is 0 Å². The fourth-order valence-corrected chi connectivity index (χ4v) is 4.04. The maximum Gasteiger partial charge on any atom is 0.373 e. The molecule has 0 spiro atoms. The van der Waals surface area contributed by atoms with Crippen LogP contribution in [0.1, 0.15) is 35.7 Å². The molecule has 1 fully saturated rings. The number of hydrogen-bond acceptors (Lipinski definition) is 8. The number of anilines is 1. The molecule has 0 bridgehead atoms. The van der Waals surface area contributed by atoms with Gasteiger partial charge in [-0.25, -0.2) is 4.79 Å². The predicted octanol–water partition coefficient (Wildman–Crippen LogP) is 4.16. The number of carbonyl (C=O) groups excluding carboxylic acids is 3. The highest BCUT2D eigenvalue weighted by atomic mass is 32.2. The Morgan fingerprint density at radius 1 is 1.16 bits per heavy atom. The first-order valence-electron chi connectivity index (χ1n) is 9.77. The summed E-state index contributed by atoms with van der Waals surface area (Å²) in [7, 11) is 2.81. The number of benzene rings is 1. The molecule has 1 aromatic carbocycles. The molecule has 0 N–H and O–H groups in total. The summed E-state index contributed by atoms with van der Waals surface area (Å²) in [5.41, 5.74) is 1.72. The molecule has 8 nitrogen and oxygen atoms in total. The van der Waals surface area contributed by atoms with Crippen molar-refractivity contribution in [1.82, 2.24) is 4.90 Å². The van der Waals surface area contributed by atoms with Crippen LogP contribution in [0.2, 0.25) is 0 Å². The molecule has 0 aliphatic carbocycles. The van der Waals surface area contributed by atoms with Crippen molar-refractivity contribution in [3.8, 4) is 5.75 Å². The highest BCUT2D eigenvalue weighted by Gasteiger charge is 2.36. The summed E-state index contributed by atoms with van der Waals surface area (Å²) in [6.07, 6.45) is 1.65. The minimum atomic E-state index is -0.625. The van der Waals surface area contributed by atoms with Crippen LogP contribution in [-0.4, -0.2) is 49.3 Å². The lowest BCUT2D eigenvalue weighted by atomic mass is 10.1. The van der Waals surface area contributed by atoms with Gasteiger partial charge in [-0.1, -0.05) is 0 Å². The van der Waals surface area contributed by atoms with Crippen LogP contribution in [-0.2, 0) is 16.1 Å². The number of nitrogens with zero attached hydrogens (tertiary/aromatic N) is 2. The molecule has 1 saturated heterocycles. The van der Waals surface area contributed by atoms with E-state index in [1.165, 1.54) is 19.2 Å². The zero-order chi connectivity index (χ0) is 22.5. The lowest BCUT2D eigenvalue weighted by Gasteiger charge is -2.22. The van der Waals surface area contributed by atoms with Gasteiger partial charge in [0.2, 0.25) is 5.76 Å². The number of amides is 2. The molecule has 9 heteroatoms. The number of thioether (sulfide) groups is 1. The van der Waals surface area contributed by atoms with E-state index in [1.54, 1.807) is 13.2 Å². The highest BCUT2D eigenvalue weighted by Crippen LogP contribution is 2.36. The maximum absolute atomic E-state index is 12.8. The molecule has 2 aromatic rings. The number of methoxy groups -OCH3 is 2. The van der Waals surface area contributed by atoms with Crippen molar-refractivity contribution in [1.29, 1.82) is 0 Å². The van der Waals surface area contributed by atoms with Gasteiger partial charge in [-0.2, -0.15) is 0 Å². The molecular formula is C22H24N2O6S. The second-order valence-corrected chi connectivity index (χ2v) is 7.62. The summed E-state index contributed by atoms with van der Waals surface area (Å²) in [6.45, 7) is 5.81. The molecule has 0 saturated carbocycles. The van der Waals surface area contributed by atoms with Gasteiger partial charge in [0.15, 0.2) is 0 Å². The summed E-state index contributed by atoms with van der Waals surface area (Å²) < 4.78 is 15.5. The second-order valence-electron chi connectivity index (χ2n) is 6.62. The van der Waals surface area contributed by atoms with Crippen LogP contribution < -0.4 is 9.64 Å². The number of hydrogen-bond donors (Lipinski definition) is 0. The molecule has 0 atom stereocenters. The number of furan rings is 1. The zero-order valence-electron chi connectivity index (χ0n) is 17.8. The summed E-state index contributed by atoms with van der Waals surface area (Å²) in [5.74, 6) is -0.116. The van der Waals surface area contributed by atoms with Crippen molar-refractivity contribution < 1.29 is 28.3 Å². The van der Waals surface area contributed by atoms with Gasteiger partial charge in [0.05, 0.1) is 25.7 Å². The van der Waals surface area contributed by atoms with E-state index in [-0.39, 0.29) is 12.3 Å². The third-order valence-corrected chi connectivity index (χ3v) is 5.78. The van der Waals surface area contributed by atoms with Crippen LogP contribution in [0.3, 0.4) is 0 Å². The Balaban J connectivity index is 1.81. The van der Waals surface area contributed by atoms with Crippen LogP contribution in [0.15, 0.2) is 39.7 Å². The molecule has 0 radical (unpaired) electrons. The number of esters is 1. The van der Waals surface area contributed by atoms with Gasteiger partial charge < -0.3 is 18.8 Å². The van der Waals surface area contributed by atoms with E-state index in [9.17, 15) is 14.4 Å². The first-order chi connectivity index (χ1) is 14.9. The van der Waals surface area contributed by atoms with Gasteiger partial charge in [-0.3, -0.25) is 14.5 Å². The predicted molar refractivity (Wildman–Crippen MR) is 118 cm³/mol. The quantitative estimate of drug-likeness (QED) is 0.443. The molecule has 1 aliphatic rings. The van der Waals surface area contributed by atoms with E-state index in [0.29, 0.717) is 22.0 Å². The molecule has 1 aromatic heterocycles. The van der Waals surface area contributed by atoms with Gasteiger partial charge in [-0.15, -0.1) is 0 Å². The largest absolute Gasteiger partial charge is 0.496 e. The topological polar surface area (TPSA) is 89.3 Å². The Morgan fingerprint density at radius 3 is 2.55 bits per heavy atom. The summed E-state index contributed by atoms with van der Waals surface area (Å²) >= 11 is 0.851. The maximum atomic E-state index is 12.8. The van der Waals surface area contributed by atoms with Gasteiger partial charge in [0.1, 0.15) is 11.5 Å². The van der Waals surface area contributed by atoms with E-state index >= 15 is 0 Å². The van der Waals surface area contributed by atoms with Crippen LogP contribution in [0.4, 0.5) is 10.5 Å². The molecule has 2 amide bonds. The highest BCUT2D eigenvalue weighted by molar-refractivity contribution is 8.18. The smallest absolute Gasteiger partial charge is 0.373 e. The standard InChI is InChI=1S/C22H24N2O6S/c1-5-23(6-2)15-8-7-14(18(12-15)28-3)11-19-20(25)24(22(27)31-19)13-16-9-10-17(30-16)21(26)29-4/h7-12H,5-6,13H2,1-4H3/b19-11+. The van der Waals surface area contributed by atoms with Crippen molar-refractivity contribution in [3.05, 3.63) is 52.3 Å². The van der Waals surface area contributed by atoms with Gasteiger partial charge in [0.25, 0.3) is 11.1 Å². The molecule has 164 valence electrons. The fraction of sp³-hybridized carbons (Fsp3) is 0.318. The van der Waals surface area contributed by atoms with Gasteiger partial charge in [0, 0.05) is 30.4 Å². The van der Waals surface area contributed by atoms with E-state index in [1.807, 2.05) is 18.2 Å². The Kier molecular flexibility index (Phi) is 7.06. The van der Waals surface area contributed by atoms with E-state index in [4.69, 9.17) is 9.15 Å². The molecular weight excluding hydrogens is 420 g/mol. The van der Waals surface area contributed by atoms with Crippen molar-refractivity contribution in [3.63, 3.8) is 0 Å². The second kappa shape index (κ2) is 9.74. The molecule has 31 heavy (non-hydrogen) atoms. The summed E-state index contributed by atoms with van der Waals surface area (Å²) in [5, 5.41) is -0.411. The molecule has 1 aliphatic heterocycles. The average molecular weight is 445 g/mol. The minimum Gasteiger partial charge on any atom is -0.496 e. The third kappa shape index (κ3) is 4.77. The number of ether oxygens (including phenoxy) is 2. The summed E-state index contributed by atoms with van der Waals surface area (Å²) in [4.78, 5) is 40.3. The molecule has 0 unspecified atom stereocenters. The Labute approximate surface area is 184 Å². The van der Waals surface area contributed by atoms with Crippen LogP contribution in [0.5, 0.6) is 5.75 Å². The zero-order valence-corrected chi connectivity index (χ0v) is 18.7. The van der Waals surface area contributed by atoms with E-state index < -0.39 is 17.1 Å². The van der Waals surface area contributed by atoms with Gasteiger partial charge in [-0.05, 0) is 56.0 Å².